The van der Waals surface area contributed by atoms with Crippen molar-refractivity contribution in [3.05, 3.63) is 57.8 Å². The molecular weight excluding hydrogens is 488 g/mol. The summed E-state index contributed by atoms with van der Waals surface area (Å²) in [6.45, 7) is 6.69. The number of alkyl halides is 3. The molecule has 0 bridgehead atoms. The topological polar surface area (TPSA) is 70.1 Å². The van der Waals surface area contributed by atoms with Crippen LogP contribution >= 0.6 is 0 Å². The second-order valence-corrected chi connectivity index (χ2v) is 9.52. The summed E-state index contributed by atoms with van der Waals surface area (Å²) in [7, 11) is 1.65. The predicted molar refractivity (Wildman–Crippen MR) is 133 cm³/mol. The summed E-state index contributed by atoms with van der Waals surface area (Å²) in [4.78, 5) is 17.0. The number of rotatable bonds is 6. The van der Waals surface area contributed by atoms with Gasteiger partial charge in [-0.2, -0.15) is 23.5 Å². The van der Waals surface area contributed by atoms with Crippen LogP contribution in [0.1, 0.15) is 50.8 Å². The van der Waals surface area contributed by atoms with Gasteiger partial charge < -0.3 is 9.47 Å². The van der Waals surface area contributed by atoms with Gasteiger partial charge in [0.1, 0.15) is 17.9 Å². The van der Waals surface area contributed by atoms with Crippen molar-refractivity contribution in [1.29, 1.82) is 5.26 Å². The molecule has 4 rings (SSSR count). The summed E-state index contributed by atoms with van der Waals surface area (Å²) >= 11 is 0. The lowest BCUT2D eigenvalue weighted by Gasteiger charge is -2.49. The maximum absolute atomic E-state index is 13.8. The molecule has 0 spiro atoms. The van der Waals surface area contributed by atoms with E-state index in [0.29, 0.717) is 48.7 Å². The van der Waals surface area contributed by atoms with Gasteiger partial charge in [-0.1, -0.05) is 19.9 Å². The van der Waals surface area contributed by atoms with Gasteiger partial charge in [0.05, 0.1) is 29.0 Å². The fraction of sp³-hybridized carbons (Fsp3) is 0.500. The number of aryl methyl sites for hydroxylation is 1. The smallest absolute Gasteiger partial charge is 0.364 e. The SMILES string of the molecule is CC[C@H]1CN([C@@H](C)c2ccc(F)cc2C(F)(F)F)[C@H](CC)CN1c1cc(=O)n(C)c2cn(CC#N)nc12. The lowest BCUT2D eigenvalue weighted by atomic mass is 9.94. The van der Waals surface area contributed by atoms with Gasteiger partial charge in [-0.3, -0.25) is 14.4 Å². The van der Waals surface area contributed by atoms with Crippen LogP contribution in [0.25, 0.3) is 11.0 Å². The van der Waals surface area contributed by atoms with Gasteiger partial charge in [-0.05, 0) is 37.5 Å². The van der Waals surface area contributed by atoms with Crippen molar-refractivity contribution in [2.45, 2.75) is 64.5 Å². The molecule has 198 valence electrons. The maximum atomic E-state index is 13.8. The number of nitriles is 1. The highest BCUT2D eigenvalue weighted by atomic mass is 19.4. The van der Waals surface area contributed by atoms with Crippen LogP contribution in [-0.4, -0.2) is 44.4 Å². The number of nitrogens with zero attached hydrogens (tertiary/aromatic N) is 6. The molecule has 0 N–H and O–H groups in total. The molecule has 0 radical (unpaired) electrons. The van der Waals surface area contributed by atoms with Gasteiger partial charge in [-0.15, -0.1) is 0 Å². The lowest BCUT2D eigenvalue weighted by molar-refractivity contribution is -0.139. The normalized spacial score (nSPS) is 19.8. The molecule has 0 saturated carbocycles. The molecule has 0 aliphatic carbocycles. The summed E-state index contributed by atoms with van der Waals surface area (Å²) < 4.78 is 58.1. The average Bonchev–Trinajstić information content (AvgIpc) is 3.29. The number of piperazine rings is 1. The van der Waals surface area contributed by atoms with Crippen LogP contribution in [0.2, 0.25) is 0 Å². The number of fused-ring (bicyclic) bond motifs is 1. The monoisotopic (exact) mass is 518 g/mol. The third-order valence-electron chi connectivity index (χ3n) is 7.43. The van der Waals surface area contributed by atoms with Gasteiger partial charge in [0.25, 0.3) is 5.56 Å². The molecule has 37 heavy (non-hydrogen) atoms. The maximum Gasteiger partial charge on any atom is 0.416 e. The van der Waals surface area contributed by atoms with Crippen LogP contribution < -0.4 is 10.5 Å². The summed E-state index contributed by atoms with van der Waals surface area (Å²) in [6.07, 6.45) is -1.65. The van der Waals surface area contributed by atoms with Gasteiger partial charge in [0.15, 0.2) is 0 Å². The predicted octanol–water partition coefficient (Wildman–Crippen LogP) is 4.86. The minimum atomic E-state index is -4.67. The lowest BCUT2D eigenvalue weighted by Crippen LogP contribution is -2.59. The number of hydrogen-bond donors (Lipinski definition) is 0. The number of benzene rings is 1. The number of anilines is 1. The number of pyridine rings is 1. The van der Waals surface area contributed by atoms with Crippen LogP contribution in [0.5, 0.6) is 0 Å². The molecule has 1 aliphatic rings. The third kappa shape index (κ3) is 4.94. The van der Waals surface area contributed by atoms with Crippen molar-refractivity contribution in [1.82, 2.24) is 19.2 Å². The van der Waals surface area contributed by atoms with Crippen molar-refractivity contribution in [2.24, 2.45) is 7.05 Å². The Morgan fingerprint density at radius 3 is 2.49 bits per heavy atom. The highest BCUT2D eigenvalue weighted by Gasteiger charge is 2.40. The number of aromatic nitrogens is 3. The van der Waals surface area contributed by atoms with E-state index >= 15 is 0 Å². The minimum Gasteiger partial charge on any atom is -0.364 e. The summed E-state index contributed by atoms with van der Waals surface area (Å²) in [5.41, 5.74) is 0.745. The number of hydrogen-bond acceptors (Lipinski definition) is 5. The van der Waals surface area contributed by atoms with E-state index in [9.17, 15) is 22.4 Å². The summed E-state index contributed by atoms with van der Waals surface area (Å²) in [5, 5.41) is 13.7. The van der Waals surface area contributed by atoms with Crippen molar-refractivity contribution < 1.29 is 17.6 Å². The van der Waals surface area contributed by atoms with E-state index in [1.165, 1.54) is 15.3 Å². The molecule has 3 aromatic rings. The first-order chi connectivity index (χ1) is 17.5. The average molecular weight is 519 g/mol. The fourth-order valence-electron chi connectivity index (χ4n) is 5.38. The third-order valence-corrected chi connectivity index (χ3v) is 7.43. The number of halogens is 4. The van der Waals surface area contributed by atoms with Crippen molar-refractivity contribution in [3.63, 3.8) is 0 Å². The molecule has 11 heteroatoms. The molecular formula is C26H30F4N6O. The highest BCUT2D eigenvalue weighted by Crippen LogP contribution is 2.39. The van der Waals surface area contributed by atoms with Crippen LogP contribution in [-0.2, 0) is 19.8 Å². The van der Waals surface area contributed by atoms with Gasteiger partial charge in [-0.25, -0.2) is 4.39 Å². The Balaban J connectivity index is 1.75. The van der Waals surface area contributed by atoms with E-state index in [1.54, 1.807) is 26.2 Å². The zero-order chi connectivity index (χ0) is 27.1. The molecule has 0 amide bonds. The van der Waals surface area contributed by atoms with E-state index in [4.69, 9.17) is 5.26 Å². The largest absolute Gasteiger partial charge is 0.416 e. The van der Waals surface area contributed by atoms with Gasteiger partial charge >= 0.3 is 6.18 Å². The van der Waals surface area contributed by atoms with E-state index in [2.05, 4.69) is 21.0 Å². The fourth-order valence-corrected chi connectivity index (χ4v) is 5.38. The van der Waals surface area contributed by atoms with Gasteiger partial charge in [0, 0.05) is 44.3 Å². The molecule has 7 nitrogen and oxygen atoms in total. The molecule has 0 unspecified atom stereocenters. The quantitative estimate of drug-likeness (QED) is 0.436. The second-order valence-electron chi connectivity index (χ2n) is 9.52. The summed E-state index contributed by atoms with van der Waals surface area (Å²) in [6, 6.07) is 5.65. The molecule has 1 aromatic carbocycles. The molecule has 1 fully saturated rings. The van der Waals surface area contributed by atoms with E-state index in [0.717, 1.165) is 6.07 Å². The first kappa shape index (κ1) is 26.7. The van der Waals surface area contributed by atoms with Crippen molar-refractivity contribution in [2.75, 3.05) is 18.0 Å². The Hall–Kier alpha value is -3.39. The summed E-state index contributed by atoms with van der Waals surface area (Å²) in [5.74, 6) is -0.919. The first-order valence-electron chi connectivity index (χ1n) is 12.3. The van der Waals surface area contributed by atoms with Gasteiger partial charge in [0.2, 0.25) is 0 Å². The standard InChI is InChI=1S/C26H30F4N6O/c1-5-18-14-36(22-12-24(37)33(4)23-15-34(10-9-31)32-25(22)23)19(6-2)13-35(18)16(3)20-8-7-17(27)11-21(20)26(28,29)30/h7-8,11-12,15-16,18-19H,5-6,10,13-14H2,1-4H3/t16-,18+,19-/m0/s1. The molecule has 2 aromatic heterocycles. The van der Waals surface area contributed by atoms with Crippen molar-refractivity contribution in [3.8, 4) is 6.07 Å². The first-order valence-corrected chi connectivity index (χ1v) is 12.3. The van der Waals surface area contributed by atoms with E-state index < -0.39 is 23.6 Å². The molecule has 1 aliphatic heterocycles. The van der Waals surface area contributed by atoms with Crippen LogP contribution in [0.15, 0.2) is 35.3 Å². The highest BCUT2D eigenvalue weighted by molar-refractivity contribution is 5.88. The van der Waals surface area contributed by atoms with Crippen molar-refractivity contribution >= 4 is 16.7 Å². The zero-order valence-corrected chi connectivity index (χ0v) is 21.3. The van der Waals surface area contributed by atoms with Crippen LogP contribution in [0.3, 0.4) is 0 Å². The minimum absolute atomic E-state index is 0.0433. The Labute approximate surface area is 212 Å². The molecule has 1 saturated heterocycles. The molecule has 3 atom stereocenters. The molecule has 3 heterocycles. The van der Waals surface area contributed by atoms with Crippen LogP contribution in [0, 0.1) is 17.1 Å². The Bertz CT molecular complexity index is 1390. The zero-order valence-electron chi connectivity index (χ0n) is 21.3. The Kier molecular flexibility index (Phi) is 7.33. The Morgan fingerprint density at radius 1 is 1.16 bits per heavy atom. The second kappa shape index (κ2) is 10.2. The van der Waals surface area contributed by atoms with E-state index in [-0.39, 0.29) is 29.8 Å². The van der Waals surface area contributed by atoms with Crippen LogP contribution in [0.4, 0.5) is 23.2 Å². The Morgan fingerprint density at radius 2 is 1.86 bits per heavy atom. The van der Waals surface area contributed by atoms with E-state index in [1.807, 2.05) is 13.8 Å².